The number of ether oxygens (including phenoxy) is 1. The highest BCUT2D eigenvalue weighted by Crippen LogP contribution is 2.60. The topological polar surface area (TPSA) is 9.23 Å². The largest absolute Gasteiger partial charge is 0.378 e. The Balaban J connectivity index is 4.72. The van der Waals surface area contributed by atoms with Crippen LogP contribution in [-0.2, 0) is 4.74 Å². The first-order valence-corrected chi connectivity index (χ1v) is 23.7. The van der Waals surface area contributed by atoms with Crippen molar-refractivity contribution in [3.05, 3.63) is 0 Å². The van der Waals surface area contributed by atoms with E-state index in [9.17, 15) is 0 Å². The predicted molar refractivity (Wildman–Crippen MR) is 208 cm³/mol. The van der Waals surface area contributed by atoms with E-state index in [-0.39, 0.29) is 0 Å². The third-order valence-corrected chi connectivity index (χ3v) is 15.2. The molecule has 266 valence electrons. The fraction of sp³-hybridized carbons (Fsp3) is 1.00. The first kappa shape index (κ1) is 44.4. The molecule has 0 aliphatic rings. The lowest BCUT2D eigenvalue weighted by molar-refractivity contribution is 0.146. The molecular formula is C42H88OP+. The molecule has 44 heavy (non-hydrogen) atoms. The average molecular weight is 640 g/mol. The van der Waals surface area contributed by atoms with Gasteiger partial charge in [0.2, 0.25) is 0 Å². The second-order valence-electron chi connectivity index (χ2n) is 14.7. The van der Waals surface area contributed by atoms with Crippen molar-refractivity contribution in [2.75, 3.05) is 37.9 Å². The Hall–Kier alpha value is 0.390. The highest BCUT2D eigenvalue weighted by Gasteiger charge is 2.35. The van der Waals surface area contributed by atoms with Gasteiger partial charge in [-0.2, -0.15) is 0 Å². The SMILES string of the molecule is CCCCCCCCCCCC[P+](CCCCCCCCCCCC)(CCCCCCCCCCCC)CCOCCCC. The van der Waals surface area contributed by atoms with Crippen LogP contribution in [0.2, 0.25) is 0 Å². The Morgan fingerprint density at radius 1 is 0.250 bits per heavy atom. The highest BCUT2D eigenvalue weighted by atomic mass is 31.2. The van der Waals surface area contributed by atoms with Gasteiger partial charge in [0.05, 0.1) is 31.3 Å². The summed E-state index contributed by atoms with van der Waals surface area (Å²) in [6, 6.07) is 0. The molecular weight excluding hydrogens is 551 g/mol. The summed E-state index contributed by atoms with van der Waals surface area (Å²) >= 11 is 0. The molecule has 0 heterocycles. The van der Waals surface area contributed by atoms with E-state index in [0.29, 0.717) is 0 Å². The molecule has 0 unspecified atom stereocenters. The van der Waals surface area contributed by atoms with Gasteiger partial charge in [0.15, 0.2) is 0 Å². The first-order valence-electron chi connectivity index (χ1n) is 21.2. The van der Waals surface area contributed by atoms with Crippen LogP contribution in [0.5, 0.6) is 0 Å². The van der Waals surface area contributed by atoms with Crippen LogP contribution in [-0.4, -0.2) is 37.9 Å². The van der Waals surface area contributed by atoms with Gasteiger partial charge in [-0.3, -0.25) is 0 Å². The molecule has 0 aromatic carbocycles. The number of rotatable bonds is 39. The summed E-state index contributed by atoms with van der Waals surface area (Å²) in [4.78, 5) is 0. The lowest BCUT2D eigenvalue weighted by Crippen LogP contribution is -2.17. The molecule has 0 rings (SSSR count). The lowest BCUT2D eigenvalue weighted by atomic mass is 10.1. The molecule has 0 bridgehead atoms. The van der Waals surface area contributed by atoms with Crippen LogP contribution in [0.25, 0.3) is 0 Å². The number of hydrogen-bond acceptors (Lipinski definition) is 1. The van der Waals surface area contributed by atoms with E-state index in [0.717, 1.165) is 13.2 Å². The molecule has 0 amide bonds. The number of unbranched alkanes of at least 4 members (excludes halogenated alkanes) is 28. The zero-order valence-corrected chi connectivity index (χ0v) is 32.6. The van der Waals surface area contributed by atoms with Gasteiger partial charge < -0.3 is 4.74 Å². The molecule has 0 aliphatic heterocycles. The van der Waals surface area contributed by atoms with Crippen molar-refractivity contribution < 1.29 is 4.74 Å². The summed E-state index contributed by atoms with van der Waals surface area (Å²) in [5.41, 5.74) is 0. The average Bonchev–Trinajstić information content (AvgIpc) is 3.03. The van der Waals surface area contributed by atoms with Crippen molar-refractivity contribution in [1.82, 2.24) is 0 Å². The second-order valence-corrected chi connectivity index (χ2v) is 19.2. The van der Waals surface area contributed by atoms with Crippen molar-refractivity contribution in [3.8, 4) is 0 Å². The van der Waals surface area contributed by atoms with Gasteiger partial charge in [-0.1, -0.05) is 188 Å². The van der Waals surface area contributed by atoms with Crippen molar-refractivity contribution in [2.45, 2.75) is 233 Å². The molecule has 0 radical (unpaired) electrons. The first-order chi connectivity index (χ1) is 21.7. The maximum absolute atomic E-state index is 6.26. The summed E-state index contributed by atoms with van der Waals surface area (Å²) in [5, 5.41) is 0. The Morgan fingerprint density at radius 2 is 0.500 bits per heavy atom. The van der Waals surface area contributed by atoms with Gasteiger partial charge in [-0.05, 0) is 44.9 Å². The molecule has 0 aromatic rings. The molecule has 0 saturated carbocycles. The summed E-state index contributed by atoms with van der Waals surface area (Å²) in [6.07, 6.45) is 52.6. The zero-order chi connectivity index (χ0) is 32.1. The molecule has 0 saturated heterocycles. The smallest absolute Gasteiger partial charge is 0.0828 e. The van der Waals surface area contributed by atoms with Crippen LogP contribution in [0.1, 0.15) is 233 Å². The fourth-order valence-corrected chi connectivity index (χ4v) is 11.6. The van der Waals surface area contributed by atoms with Crippen molar-refractivity contribution in [1.29, 1.82) is 0 Å². The van der Waals surface area contributed by atoms with Crippen molar-refractivity contribution >= 4 is 7.26 Å². The Kier molecular flexibility index (Phi) is 38.2. The minimum absolute atomic E-state index is 0.892. The van der Waals surface area contributed by atoms with Gasteiger partial charge in [0.1, 0.15) is 0 Å². The minimum atomic E-state index is -0.892. The summed E-state index contributed by atoms with van der Waals surface area (Å²) < 4.78 is 6.26. The van der Waals surface area contributed by atoms with Crippen molar-refractivity contribution in [2.24, 2.45) is 0 Å². The Labute approximate surface area is 282 Å². The maximum Gasteiger partial charge on any atom is 0.0828 e. The predicted octanol–water partition coefficient (Wildman–Crippen LogP) is 15.6. The molecule has 0 atom stereocenters. The van der Waals surface area contributed by atoms with Crippen LogP contribution in [0.3, 0.4) is 0 Å². The lowest BCUT2D eigenvalue weighted by Gasteiger charge is -2.28. The summed E-state index contributed by atoms with van der Waals surface area (Å²) in [7, 11) is -0.892. The van der Waals surface area contributed by atoms with Crippen LogP contribution in [0.15, 0.2) is 0 Å². The zero-order valence-electron chi connectivity index (χ0n) is 31.7. The third kappa shape index (κ3) is 32.3. The third-order valence-electron chi connectivity index (χ3n) is 10.3. The van der Waals surface area contributed by atoms with Gasteiger partial charge in [-0.25, -0.2) is 0 Å². The molecule has 0 aliphatic carbocycles. The normalized spacial score (nSPS) is 12.0. The Morgan fingerprint density at radius 3 is 0.773 bits per heavy atom. The highest BCUT2D eigenvalue weighted by molar-refractivity contribution is 7.75. The molecule has 0 N–H and O–H groups in total. The molecule has 0 aromatic heterocycles. The monoisotopic (exact) mass is 640 g/mol. The van der Waals surface area contributed by atoms with E-state index in [1.54, 1.807) is 18.5 Å². The van der Waals surface area contributed by atoms with Crippen LogP contribution >= 0.6 is 7.26 Å². The molecule has 0 spiro atoms. The standard InChI is InChI=1S/C42H88OP/c1-5-9-13-16-19-22-25-28-31-34-39-44(42-38-43-37-12-8-4,40-35-32-29-26-23-20-17-14-10-6-2)41-36-33-30-27-24-21-18-15-11-7-3/h5-42H2,1-4H3/q+1. The molecule has 1 nitrogen and oxygen atoms in total. The van der Waals surface area contributed by atoms with Gasteiger partial charge in [0, 0.05) is 13.9 Å². The maximum atomic E-state index is 6.26. The van der Waals surface area contributed by atoms with Gasteiger partial charge in [-0.15, -0.1) is 0 Å². The van der Waals surface area contributed by atoms with E-state index in [4.69, 9.17) is 4.74 Å². The van der Waals surface area contributed by atoms with Crippen LogP contribution < -0.4 is 0 Å². The number of hydrogen-bond donors (Lipinski definition) is 0. The van der Waals surface area contributed by atoms with Gasteiger partial charge in [0.25, 0.3) is 0 Å². The summed E-state index contributed by atoms with van der Waals surface area (Å²) in [5.74, 6) is 0. The molecule has 0 fully saturated rings. The van der Waals surface area contributed by atoms with E-state index >= 15 is 0 Å². The summed E-state index contributed by atoms with van der Waals surface area (Å²) in [6.45, 7) is 11.3. The second kappa shape index (κ2) is 37.8. The fourth-order valence-electron chi connectivity index (χ4n) is 7.08. The van der Waals surface area contributed by atoms with E-state index < -0.39 is 7.26 Å². The van der Waals surface area contributed by atoms with E-state index in [1.807, 2.05) is 0 Å². The van der Waals surface area contributed by atoms with E-state index in [1.165, 1.54) is 212 Å². The van der Waals surface area contributed by atoms with Gasteiger partial charge >= 0.3 is 0 Å². The van der Waals surface area contributed by atoms with Crippen LogP contribution in [0, 0.1) is 0 Å². The van der Waals surface area contributed by atoms with Crippen LogP contribution in [0.4, 0.5) is 0 Å². The quantitative estimate of drug-likeness (QED) is 0.0480. The van der Waals surface area contributed by atoms with Crippen molar-refractivity contribution in [3.63, 3.8) is 0 Å². The van der Waals surface area contributed by atoms with E-state index in [2.05, 4.69) is 27.7 Å². The Bertz CT molecular complexity index is 446. The minimum Gasteiger partial charge on any atom is -0.378 e. The molecule has 2 heteroatoms.